The molecule has 160 valence electrons. The van der Waals surface area contributed by atoms with Gasteiger partial charge in [-0.25, -0.2) is 4.39 Å². The highest BCUT2D eigenvalue weighted by Gasteiger charge is 2.49. The number of benzene rings is 2. The second-order valence-electron chi connectivity index (χ2n) is 8.45. The van der Waals surface area contributed by atoms with E-state index in [0.29, 0.717) is 18.7 Å². The number of aliphatic hydroxyl groups is 1. The fraction of sp³-hybridized carbons (Fsp3) is 0.458. The molecule has 0 radical (unpaired) electrons. The summed E-state index contributed by atoms with van der Waals surface area (Å²) in [7, 11) is 1.60. The molecule has 1 saturated heterocycles. The minimum absolute atomic E-state index is 0.0410. The number of hydrogen-bond donors (Lipinski definition) is 2. The molecule has 6 heteroatoms. The summed E-state index contributed by atoms with van der Waals surface area (Å²) in [6.45, 7) is 0.853. The van der Waals surface area contributed by atoms with Gasteiger partial charge in [-0.3, -0.25) is 9.69 Å². The number of carbonyl (C=O) groups is 1. The SMILES string of the molecule is COc1ccc(NC(=O)CN2CCC3(O)CCCCC3C2c2ccc(F)cc2)cc1. The Hall–Kier alpha value is -2.44. The number of carbonyl (C=O) groups excluding carboxylic acids is 1. The summed E-state index contributed by atoms with van der Waals surface area (Å²) >= 11 is 0. The van der Waals surface area contributed by atoms with Crippen LogP contribution in [0.4, 0.5) is 10.1 Å². The van der Waals surface area contributed by atoms with Gasteiger partial charge in [0.15, 0.2) is 0 Å². The van der Waals surface area contributed by atoms with Crippen molar-refractivity contribution in [3.8, 4) is 5.75 Å². The molecule has 2 N–H and O–H groups in total. The zero-order chi connectivity index (χ0) is 21.1. The van der Waals surface area contributed by atoms with Crippen molar-refractivity contribution >= 4 is 11.6 Å². The Morgan fingerprint density at radius 2 is 1.90 bits per heavy atom. The number of piperidine rings is 1. The number of amides is 1. The summed E-state index contributed by atoms with van der Waals surface area (Å²) in [4.78, 5) is 14.9. The lowest BCUT2D eigenvalue weighted by Crippen LogP contribution is -2.56. The van der Waals surface area contributed by atoms with Gasteiger partial charge in [0.1, 0.15) is 11.6 Å². The number of likely N-dealkylation sites (tertiary alicyclic amines) is 1. The van der Waals surface area contributed by atoms with Crippen molar-refractivity contribution in [3.05, 3.63) is 59.9 Å². The van der Waals surface area contributed by atoms with Crippen LogP contribution in [0.15, 0.2) is 48.5 Å². The van der Waals surface area contributed by atoms with Gasteiger partial charge in [-0.15, -0.1) is 0 Å². The quantitative estimate of drug-likeness (QED) is 0.775. The summed E-state index contributed by atoms with van der Waals surface area (Å²) in [6, 6.07) is 13.6. The standard InChI is InChI=1S/C24H29FN2O3/c1-30-20-11-9-19(10-12-20)26-22(28)16-27-15-14-24(29)13-3-2-4-21(24)23(27)17-5-7-18(25)8-6-17/h5-12,21,23,29H,2-4,13-16H2,1H3,(H,26,28). The molecule has 5 nitrogen and oxygen atoms in total. The van der Waals surface area contributed by atoms with Crippen molar-refractivity contribution in [2.75, 3.05) is 25.5 Å². The molecule has 1 heterocycles. The molecule has 2 fully saturated rings. The van der Waals surface area contributed by atoms with E-state index in [0.717, 1.165) is 37.0 Å². The first kappa shape index (κ1) is 20.8. The van der Waals surface area contributed by atoms with Gasteiger partial charge < -0.3 is 15.2 Å². The van der Waals surface area contributed by atoms with E-state index in [-0.39, 0.29) is 30.2 Å². The highest BCUT2D eigenvalue weighted by Crippen LogP contribution is 2.49. The Kier molecular flexibility index (Phi) is 6.06. The first-order valence-corrected chi connectivity index (χ1v) is 10.6. The minimum atomic E-state index is -0.708. The van der Waals surface area contributed by atoms with E-state index in [4.69, 9.17) is 4.74 Å². The predicted molar refractivity (Wildman–Crippen MR) is 114 cm³/mol. The van der Waals surface area contributed by atoms with Gasteiger partial charge in [-0.05, 0) is 61.2 Å². The van der Waals surface area contributed by atoms with Crippen molar-refractivity contribution in [2.24, 2.45) is 5.92 Å². The zero-order valence-electron chi connectivity index (χ0n) is 17.3. The fourth-order valence-corrected chi connectivity index (χ4v) is 5.08. The van der Waals surface area contributed by atoms with Crippen molar-refractivity contribution in [1.29, 1.82) is 0 Å². The van der Waals surface area contributed by atoms with E-state index < -0.39 is 5.60 Å². The topological polar surface area (TPSA) is 61.8 Å². The summed E-state index contributed by atoms with van der Waals surface area (Å²) in [6.07, 6.45) is 4.46. The maximum atomic E-state index is 13.5. The Balaban J connectivity index is 1.53. The average molecular weight is 413 g/mol. The second-order valence-corrected chi connectivity index (χ2v) is 8.45. The summed E-state index contributed by atoms with van der Waals surface area (Å²) in [5.41, 5.74) is 0.962. The van der Waals surface area contributed by atoms with Crippen LogP contribution in [-0.2, 0) is 4.79 Å². The van der Waals surface area contributed by atoms with Gasteiger partial charge in [0.2, 0.25) is 5.91 Å². The van der Waals surface area contributed by atoms with Crippen molar-refractivity contribution in [2.45, 2.75) is 43.7 Å². The fourth-order valence-electron chi connectivity index (χ4n) is 5.08. The van der Waals surface area contributed by atoms with Crippen LogP contribution in [0.5, 0.6) is 5.75 Å². The Bertz CT molecular complexity index is 871. The van der Waals surface area contributed by atoms with Crippen LogP contribution >= 0.6 is 0 Å². The third kappa shape index (κ3) is 4.35. The number of methoxy groups -OCH3 is 1. The molecule has 0 spiro atoms. The Labute approximate surface area is 176 Å². The van der Waals surface area contributed by atoms with Crippen LogP contribution in [0.1, 0.15) is 43.7 Å². The van der Waals surface area contributed by atoms with Crippen LogP contribution < -0.4 is 10.1 Å². The average Bonchev–Trinajstić information content (AvgIpc) is 2.75. The number of fused-ring (bicyclic) bond motifs is 1. The van der Waals surface area contributed by atoms with E-state index in [9.17, 15) is 14.3 Å². The van der Waals surface area contributed by atoms with Crippen molar-refractivity contribution in [3.63, 3.8) is 0 Å². The number of ether oxygens (including phenoxy) is 1. The molecular weight excluding hydrogens is 383 g/mol. The van der Waals surface area contributed by atoms with Gasteiger partial charge in [0, 0.05) is 24.2 Å². The Morgan fingerprint density at radius 1 is 1.17 bits per heavy atom. The highest BCUT2D eigenvalue weighted by atomic mass is 19.1. The lowest BCUT2D eigenvalue weighted by atomic mass is 9.66. The monoisotopic (exact) mass is 412 g/mol. The number of nitrogens with zero attached hydrogens (tertiary/aromatic N) is 1. The normalized spacial score (nSPS) is 26.6. The zero-order valence-corrected chi connectivity index (χ0v) is 17.3. The third-order valence-electron chi connectivity index (χ3n) is 6.60. The molecule has 1 saturated carbocycles. The molecular formula is C24H29FN2O3. The molecule has 0 aromatic heterocycles. The molecule has 2 aliphatic rings. The number of anilines is 1. The molecule has 30 heavy (non-hydrogen) atoms. The molecule has 3 atom stereocenters. The van der Waals surface area contributed by atoms with Gasteiger partial charge in [0.25, 0.3) is 0 Å². The van der Waals surface area contributed by atoms with Crippen LogP contribution in [0.3, 0.4) is 0 Å². The van der Waals surface area contributed by atoms with Gasteiger partial charge in [-0.1, -0.05) is 25.0 Å². The van der Waals surface area contributed by atoms with Crippen LogP contribution in [-0.4, -0.2) is 41.7 Å². The van der Waals surface area contributed by atoms with E-state index in [1.165, 1.54) is 12.1 Å². The van der Waals surface area contributed by atoms with Crippen LogP contribution in [0.25, 0.3) is 0 Å². The maximum absolute atomic E-state index is 13.5. The number of rotatable bonds is 5. The molecule has 3 unspecified atom stereocenters. The summed E-state index contributed by atoms with van der Waals surface area (Å²) < 4.78 is 18.7. The van der Waals surface area contributed by atoms with Crippen LogP contribution in [0, 0.1) is 11.7 Å². The lowest BCUT2D eigenvalue weighted by molar-refractivity contribution is -0.135. The van der Waals surface area contributed by atoms with Crippen molar-refractivity contribution < 1.29 is 19.0 Å². The second kappa shape index (κ2) is 8.74. The molecule has 1 aliphatic heterocycles. The molecule has 1 amide bonds. The molecule has 0 bridgehead atoms. The smallest absolute Gasteiger partial charge is 0.238 e. The number of nitrogens with one attached hydrogen (secondary N) is 1. The number of hydrogen-bond acceptors (Lipinski definition) is 4. The predicted octanol–water partition coefficient (Wildman–Crippen LogP) is 4.14. The van der Waals surface area contributed by atoms with E-state index in [2.05, 4.69) is 10.2 Å². The molecule has 2 aromatic carbocycles. The van der Waals surface area contributed by atoms with E-state index >= 15 is 0 Å². The molecule has 2 aromatic rings. The van der Waals surface area contributed by atoms with E-state index in [1.807, 2.05) is 12.1 Å². The highest BCUT2D eigenvalue weighted by molar-refractivity contribution is 5.92. The Morgan fingerprint density at radius 3 is 2.60 bits per heavy atom. The maximum Gasteiger partial charge on any atom is 0.238 e. The van der Waals surface area contributed by atoms with Crippen molar-refractivity contribution in [1.82, 2.24) is 4.90 Å². The first-order valence-electron chi connectivity index (χ1n) is 10.6. The molecule has 4 rings (SSSR count). The third-order valence-corrected chi connectivity index (χ3v) is 6.60. The van der Waals surface area contributed by atoms with Gasteiger partial charge in [0.05, 0.1) is 19.3 Å². The van der Waals surface area contributed by atoms with Gasteiger partial charge in [-0.2, -0.15) is 0 Å². The summed E-state index contributed by atoms with van der Waals surface area (Å²) in [5.74, 6) is 0.391. The summed E-state index contributed by atoms with van der Waals surface area (Å²) in [5, 5.41) is 14.2. The van der Waals surface area contributed by atoms with Gasteiger partial charge >= 0.3 is 0 Å². The minimum Gasteiger partial charge on any atom is -0.497 e. The lowest BCUT2D eigenvalue weighted by Gasteiger charge is -2.52. The largest absolute Gasteiger partial charge is 0.497 e. The van der Waals surface area contributed by atoms with Crippen LogP contribution in [0.2, 0.25) is 0 Å². The first-order chi connectivity index (χ1) is 14.5. The number of halogens is 1. The molecule has 1 aliphatic carbocycles. The van der Waals surface area contributed by atoms with E-state index in [1.54, 1.807) is 31.4 Å².